The van der Waals surface area contributed by atoms with Crippen LogP contribution in [0.15, 0.2) is 0 Å². The van der Waals surface area contributed by atoms with Crippen molar-refractivity contribution in [2.24, 2.45) is 11.8 Å². The Labute approximate surface area is 83.9 Å². The second-order valence-electron chi connectivity index (χ2n) is 3.53. The van der Waals surface area contributed by atoms with Crippen LogP contribution in [-0.2, 0) is 9.59 Å². The summed E-state index contributed by atoms with van der Waals surface area (Å²) >= 11 is 0. The van der Waals surface area contributed by atoms with Gasteiger partial charge < -0.3 is 10.2 Å². The van der Waals surface area contributed by atoms with Crippen LogP contribution in [0.1, 0.15) is 39.5 Å². The minimum atomic E-state index is -0.847. The Morgan fingerprint density at radius 3 is 1.36 bits per heavy atom. The molecule has 0 aromatic carbocycles. The normalized spacial score (nSPS) is 14.7. The summed E-state index contributed by atoms with van der Waals surface area (Å²) in [6, 6.07) is 0. The fourth-order valence-electron chi connectivity index (χ4n) is 1.74. The summed E-state index contributed by atoms with van der Waals surface area (Å²) in [5.41, 5.74) is 0. The molecule has 0 fully saturated rings. The molecule has 0 bridgehead atoms. The Hall–Kier alpha value is -1.06. The smallest absolute Gasteiger partial charge is 0.303 e. The maximum atomic E-state index is 10.5. The van der Waals surface area contributed by atoms with Gasteiger partial charge in [0.25, 0.3) is 0 Å². The molecule has 0 saturated carbocycles. The molecule has 4 heteroatoms. The van der Waals surface area contributed by atoms with E-state index < -0.39 is 11.9 Å². The second kappa shape index (κ2) is 6.40. The quantitative estimate of drug-likeness (QED) is 0.662. The summed E-state index contributed by atoms with van der Waals surface area (Å²) in [4.78, 5) is 21.1. The van der Waals surface area contributed by atoms with Gasteiger partial charge in [-0.05, 0) is 11.8 Å². The van der Waals surface area contributed by atoms with Crippen molar-refractivity contribution in [3.63, 3.8) is 0 Å². The lowest BCUT2D eigenvalue weighted by Gasteiger charge is -2.21. The number of carboxylic acid groups (broad SMARTS) is 2. The van der Waals surface area contributed by atoms with Gasteiger partial charge in [0.15, 0.2) is 0 Å². The van der Waals surface area contributed by atoms with E-state index in [1.165, 1.54) is 0 Å². The van der Waals surface area contributed by atoms with Crippen LogP contribution in [0.3, 0.4) is 0 Å². The zero-order valence-electron chi connectivity index (χ0n) is 8.69. The lowest BCUT2D eigenvalue weighted by atomic mass is 9.83. The first-order chi connectivity index (χ1) is 6.51. The molecular weight excluding hydrogens is 184 g/mol. The van der Waals surface area contributed by atoms with Crippen molar-refractivity contribution >= 4 is 11.9 Å². The maximum Gasteiger partial charge on any atom is 0.303 e. The molecule has 14 heavy (non-hydrogen) atoms. The lowest BCUT2D eigenvalue weighted by Crippen LogP contribution is -2.20. The van der Waals surface area contributed by atoms with E-state index in [-0.39, 0.29) is 24.7 Å². The molecular formula is C10H18O4. The highest BCUT2D eigenvalue weighted by Crippen LogP contribution is 2.25. The van der Waals surface area contributed by atoms with Crippen LogP contribution in [0.25, 0.3) is 0 Å². The standard InChI is InChI=1S/C10H18O4/c1-3-7(5-9(11)12)8(4-2)6-10(13)14/h7-8H,3-6H2,1-2H3,(H,11,12)(H,13,14). The molecule has 4 nitrogen and oxygen atoms in total. The third-order valence-electron chi connectivity index (χ3n) is 2.59. The number of hydrogen-bond acceptors (Lipinski definition) is 2. The molecule has 0 heterocycles. The summed E-state index contributed by atoms with van der Waals surface area (Å²) in [6.45, 7) is 3.80. The first-order valence-corrected chi connectivity index (χ1v) is 4.94. The van der Waals surface area contributed by atoms with Crippen molar-refractivity contribution in [3.8, 4) is 0 Å². The van der Waals surface area contributed by atoms with Gasteiger partial charge in [0.2, 0.25) is 0 Å². The molecule has 0 aliphatic heterocycles. The van der Waals surface area contributed by atoms with Crippen molar-refractivity contribution in [1.29, 1.82) is 0 Å². The second-order valence-corrected chi connectivity index (χ2v) is 3.53. The van der Waals surface area contributed by atoms with Crippen LogP contribution in [0.2, 0.25) is 0 Å². The predicted molar refractivity (Wildman–Crippen MR) is 52.1 cm³/mol. The highest BCUT2D eigenvalue weighted by Gasteiger charge is 2.23. The number of hydrogen-bond donors (Lipinski definition) is 2. The maximum absolute atomic E-state index is 10.5. The van der Waals surface area contributed by atoms with Gasteiger partial charge in [-0.15, -0.1) is 0 Å². The topological polar surface area (TPSA) is 74.6 Å². The third kappa shape index (κ3) is 4.84. The molecule has 2 atom stereocenters. The minimum absolute atomic E-state index is 0.0198. The van der Waals surface area contributed by atoms with Gasteiger partial charge in [-0.25, -0.2) is 0 Å². The molecule has 0 saturated heterocycles. The van der Waals surface area contributed by atoms with Crippen LogP contribution in [0, 0.1) is 11.8 Å². The predicted octanol–water partition coefficient (Wildman–Crippen LogP) is 1.99. The summed E-state index contributed by atoms with van der Waals surface area (Å²) in [6.07, 6.45) is 1.58. The molecule has 0 rings (SSSR count). The van der Waals surface area contributed by atoms with Crippen LogP contribution >= 0.6 is 0 Å². The first-order valence-electron chi connectivity index (χ1n) is 4.94. The summed E-state index contributed by atoms with van der Waals surface area (Å²) < 4.78 is 0. The van der Waals surface area contributed by atoms with E-state index >= 15 is 0 Å². The van der Waals surface area contributed by atoms with E-state index in [1.54, 1.807) is 0 Å². The fraction of sp³-hybridized carbons (Fsp3) is 0.800. The molecule has 0 aromatic rings. The summed E-state index contributed by atoms with van der Waals surface area (Å²) in [7, 11) is 0. The molecule has 2 unspecified atom stereocenters. The van der Waals surface area contributed by atoms with Crippen LogP contribution in [-0.4, -0.2) is 22.2 Å². The van der Waals surface area contributed by atoms with Gasteiger partial charge in [0, 0.05) is 12.8 Å². The summed E-state index contributed by atoms with van der Waals surface area (Å²) in [5, 5.41) is 17.3. The number of carboxylic acids is 2. The van der Waals surface area contributed by atoms with E-state index in [0.29, 0.717) is 0 Å². The highest BCUT2D eigenvalue weighted by molar-refractivity contribution is 5.68. The molecule has 2 N–H and O–H groups in total. The number of carbonyl (C=O) groups is 2. The molecule has 0 radical (unpaired) electrons. The van der Waals surface area contributed by atoms with Gasteiger partial charge in [-0.2, -0.15) is 0 Å². The average Bonchev–Trinajstić information content (AvgIpc) is 2.10. The number of rotatable bonds is 7. The van der Waals surface area contributed by atoms with Gasteiger partial charge in [-0.1, -0.05) is 26.7 Å². The van der Waals surface area contributed by atoms with Crippen molar-refractivity contribution < 1.29 is 19.8 Å². The van der Waals surface area contributed by atoms with Crippen LogP contribution < -0.4 is 0 Å². The number of aliphatic carboxylic acids is 2. The molecule has 0 aliphatic rings. The van der Waals surface area contributed by atoms with Crippen molar-refractivity contribution in [2.75, 3.05) is 0 Å². The van der Waals surface area contributed by atoms with Crippen molar-refractivity contribution in [3.05, 3.63) is 0 Å². The Bertz CT molecular complexity index is 178. The van der Waals surface area contributed by atoms with Crippen molar-refractivity contribution in [2.45, 2.75) is 39.5 Å². The first kappa shape index (κ1) is 12.9. The Morgan fingerprint density at radius 1 is 0.929 bits per heavy atom. The zero-order valence-corrected chi connectivity index (χ0v) is 8.69. The average molecular weight is 202 g/mol. The molecule has 82 valence electrons. The SMILES string of the molecule is CCC(CC(=O)O)C(CC)CC(=O)O. The lowest BCUT2D eigenvalue weighted by molar-refractivity contribution is -0.142. The summed E-state index contributed by atoms with van der Waals surface area (Å²) in [5.74, 6) is -1.73. The van der Waals surface area contributed by atoms with Gasteiger partial charge in [-0.3, -0.25) is 9.59 Å². The van der Waals surface area contributed by atoms with Crippen molar-refractivity contribution in [1.82, 2.24) is 0 Å². The van der Waals surface area contributed by atoms with Crippen LogP contribution in [0.4, 0.5) is 0 Å². The highest BCUT2D eigenvalue weighted by atomic mass is 16.4. The van der Waals surface area contributed by atoms with Crippen LogP contribution in [0.5, 0.6) is 0 Å². The largest absolute Gasteiger partial charge is 0.481 e. The monoisotopic (exact) mass is 202 g/mol. The molecule has 0 aromatic heterocycles. The van der Waals surface area contributed by atoms with E-state index in [1.807, 2.05) is 13.8 Å². The van der Waals surface area contributed by atoms with Gasteiger partial charge in [0.05, 0.1) is 0 Å². The third-order valence-corrected chi connectivity index (χ3v) is 2.59. The van der Waals surface area contributed by atoms with E-state index in [9.17, 15) is 9.59 Å². The van der Waals surface area contributed by atoms with Gasteiger partial charge in [0.1, 0.15) is 0 Å². The van der Waals surface area contributed by atoms with Gasteiger partial charge >= 0.3 is 11.9 Å². The fourth-order valence-corrected chi connectivity index (χ4v) is 1.74. The molecule has 0 amide bonds. The van der Waals surface area contributed by atoms with E-state index in [0.717, 1.165) is 12.8 Å². The zero-order chi connectivity index (χ0) is 11.1. The van der Waals surface area contributed by atoms with E-state index in [2.05, 4.69) is 0 Å². The van der Waals surface area contributed by atoms with E-state index in [4.69, 9.17) is 10.2 Å². The Balaban J connectivity index is 4.28. The Kier molecular flexibility index (Phi) is 5.92. The molecule has 0 aliphatic carbocycles. The Morgan fingerprint density at radius 2 is 1.21 bits per heavy atom. The molecule has 0 spiro atoms. The minimum Gasteiger partial charge on any atom is -0.481 e.